The highest BCUT2D eigenvalue weighted by atomic mass is 16.5. The molecule has 0 atom stereocenters. The van der Waals surface area contributed by atoms with Crippen molar-refractivity contribution >= 4 is 18.2 Å². The van der Waals surface area contributed by atoms with E-state index in [2.05, 4.69) is 16.6 Å². The molecule has 0 saturated heterocycles. The van der Waals surface area contributed by atoms with Gasteiger partial charge >= 0.3 is 0 Å². The molecule has 7 nitrogen and oxygen atoms in total. The van der Waals surface area contributed by atoms with Crippen molar-refractivity contribution in [2.24, 2.45) is 4.99 Å². The molecule has 0 radical (unpaired) electrons. The molecule has 2 aromatic rings. The Kier molecular flexibility index (Phi) is 6.59. The molecule has 1 saturated carbocycles. The van der Waals surface area contributed by atoms with Crippen molar-refractivity contribution in [3.63, 3.8) is 0 Å². The second kappa shape index (κ2) is 9.54. The summed E-state index contributed by atoms with van der Waals surface area (Å²) in [6.45, 7) is 4.99. The molecule has 1 amide bonds. The number of benzene rings is 1. The van der Waals surface area contributed by atoms with E-state index in [0.29, 0.717) is 36.6 Å². The molecule has 0 bridgehead atoms. The zero-order valence-corrected chi connectivity index (χ0v) is 18.4. The van der Waals surface area contributed by atoms with Crippen LogP contribution in [0.15, 0.2) is 28.0 Å². The normalized spacial score (nSPS) is 15.6. The minimum Gasteiger partial charge on any atom is -0.494 e. The molecule has 1 aromatic carbocycles. The fourth-order valence-corrected chi connectivity index (χ4v) is 4.52. The summed E-state index contributed by atoms with van der Waals surface area (Å²) in [5.74, 6) is 1.08. The number of ether oxygens (including phenoxy) is 1. The van der Waals surface area contributed by atoms with Crippen molar-refractivity contribution in [3.8, 4) is 5.75 Å². The van der Waals surface area contributed by atoms with Crippen LogP contribution in [0.2, 0.25) is 0 Å². The lowest BCUT2D eigenvalue weighted by Gasteiger charge is -2.31. The van der Waals surface area contributed by atoms with Crippen molar-refractivity contribution in [1.29, 1.82) is 0 Å². The van der Waals surface area contributed by atoms with Gasteiger partial charge in [-0.15, -0.1) is 0 Å². The van der Waals surface area contributed by atoms with E-state index in [1.165, 1.54) is 19.3 Å². The summed E-state index contributed by atoms with van der Waals surface area (Å²) in [6.07, 6.45) is 9.53. The number of nitrogens with one attached hydrogen (secondary N) is 1. The summed E-state index contributed by atoms with van der Waals surface area (Å²) in [5.41, 5.74) is 2.19. The van der Waals surface area contributed by atoms with Crippen molar-refractivity contribution in [2.45, 2.75) is 70.4 Å². The summed E-state index contributed by atoms with van der Waals surface area (Å²) >= 11 is 0. The number of aromatic nitrogens is 2. The van der Waals surface area contributed by atoms with E-state index in [9.17, 15) is 9.59 Å². The lowest BCUT2D eigenvalue weighted by molar-refractivity contribution is -0.132. The number of carbonyl (C=O) groups excluding carboxylic acids is 1. The van der Waals surface area contributed by atoms with Gasteiger partial charge in [0.1, 0.15) is 11.1 Å². The van der Waals surface area contributed by atoms with Crippen LogP contribution in [0.5, 0.6) is 5.75 Å². The Morgan fingerprint density at radius 1 is 1.26 bits per heavy atom. The van der Waals surface area contributed by atoms with Crippen LogP contribution < -0.4 is 21.3 Å². The van der Waals surface area contributed by atoms with E-state index in [0.717, 1.165) is 49.1 Å². The Hall–Kier alpha value is -2.83. The first kappa shape index (κ1) is 21.4. The predicted octanol–water partition coefficient (Wildman–Crippen LogP) is 2.63. The Morgan fingerprint density at radius 3 is 2.87 bits per heavy atom. The van der Waals surface area contributed by atoms with Gasteiger partial charge in [-0.25, -0.2) is 4.99 Å². The van der Waals surface area contributed by atoms with E-state index < -0.39 is 0 Å². The van der Waals surface area contributed by atoms with Gasteiger partial charge in [0.25, 0.3) is 5.56 Å². The van der Waals surface area contributed by atoms with Crippen molar-refractivity contribution in [2.75, 3.05) is 13.7 Å². The molecule has 166 valence electrons. The third-order valence-corrected chi connectivity index (χ3v) is 6.49. The van der Waals surface area contributed by atoms with Crippen LogP contribution in [-0.4, -0.2) is 40.1 Å². The number of fused-ring (bicyclic) bond motifs is 2. The lowest BCUT2D eigenvalue weighted by atomic mass is 9.94. The number of amides is 1. The number of unbranched alkanes of at least 4 members (excludes halogenated alkanes) is 2. The number of rotatable bonds is 8. The first-order valence-electron chi connectivity index (χ1n) is 11.4. The quantitative estimate of drug-likeness (QED) is 0.565. The largest absolute Gasteiger partial charge is 0.494 e. The van der Waals surface area contributed by atoms with E-state index in [4.69, 9.17) is 4.74 Å². The van der Waals surface area contributed by atoms with E-state index >= 15 is 0 Å². The van der Waals surface area contributed by atoms with Crippen molar-refractivity contribution in [3.05, 3.63) is 45.1 Å². The first-order chi connectivity index (χ1) is 15.0. The molecule has 7 heteroatoms. The molecule has 1 aromatic heterocycles. The molecule has 1 N–H and O–H groups in total. The Labute approximate surface area is 182 Å². The SMILES string of the molecule is C=c1c(=O)[nH]c2n1Cc1cc(OCCCCCC(=O)N(C)C3CCCCC3)ccc1N=2. The summed E-state index contributed by atoms with van der Waals surface area (Å²) < 4.78 is 7.70. The fraction of sp³-hybridized carbons (Fsp3) is 0.542. The van der Waals surface area contributed by atoms with Gasteiger partial charge in [0, 0.05) is 25.1 Å². The van der Waals surface area contributed by atoms with Crippen LogP contribution in [0.3, 0.4) is 0 Å². The zero-order chi connectivity index (χ0) is 21.8. The highest BCUT2D eigenvalue weighted by molar-refractivity contribution is 5.76. The average Bonchev–Trinajstić information content (AvgIpc) is 3.07. The number of carbonyl (C=O) groups is 1. The Morgan fingerprint density at radius 2 is 2.06 bits per heavy atom. The number of aromatic amines is 1. The zero-order valence-electron chi connectivity index (χ0n) is 18.4. The van der Waals surface area contributed by atoms with Crippen LogP contribution in [-0.2, 0) is 11.3 Å². The number of hydrogen-bond donors (Lipinski definition) is 1. The Bertz CT molecular complexity index is 1100. The fourth-order valence-electron chi connectivity index (χ4n) is 4.52. The van der Waals surface area contributed by atoms with Crippen molar-refractivity contribution in [1.82, 2.24) is 14.5 Å². The maximum absolute atomic E-state index is 12.4. The number of nitrogens with zero attached hydrogens (tertiary/aromatic N) is 3. The molecule has 2 aliphatic rings. The maximum Gasteiger partial charge on any atom is 0.274 e. The van der Waals surface area contributed by atoms with Crippen LogP contribution in [0.1, 0.15) is 63.4 Å². The second-order valence-corrected chi connectivity index (χ2v) is 8.67. The van der Waals surface area contributed by atoms with Crippen molar-refractivity contribution < 1.29 is 9.53 Å². The van der Waals surface area contributed by atoms with Gasteiger partial charge in [0.05, 0.1) is 18.8 Å². The number of imidazole rings is 1. The number of hydrogen-bond acceptors (Lipinski definition) is 4. The Balaban J connectivity index is 1.20. The van der Waals surface area contributed by atoms with Gasteiger partial charge in [-0.3, -0.25) is 14.6 Å². The number of H-pyrrole nitrogens is 1. The van der Waals surface area contributed by atoms with Gasteiger partial charge in [0.2, 0.25) is 11.5 Å². The van der Waals surface area contributed by atoms with Gasteiger partial charge in [0.15, 0.2) is 0 Å². The molecule has 31 heavy (non-hydrogen) atoms. The monoisotopic (exact) mass is 424 g/mol. The van der Waals surface area contributed by atoms with E-state index in [1.54, 1.807) is 4.57 Å². The van der Waals surface area contributed by atoms with Crippen LogP contribution >= 0.6 is 0 Å². The molecule has 1 aliphatic heterocycles. The molecule has 0 unspecified atom stereocenters. The summed E-state index contributed by atoms with van der Waals surface area (Å²) in [6, 6.07) is 6.25. The highest BCUT2D eigenvalue weighted by Crippen LogP contribution is 2.26. The third-order valence-electron chi connectivity index (χ3n) is 6.49. The second-order valence-electron chi connectivity index (χ2n) is 8.67. The maximum atomic E-state index is 12.4. The average molecular weight is 425 g/mol. The topological polar surface area (TPSA) is 79.7 Å². The summed E-state index contributed by atoms with van der Waals surface area (Å²) in [7, 11) is 1.97. The van der Waals surface area contributed by atoms with Gasteiger partial charge in [-0.2, -0.15) is 0 Å². The predicted molar refractivity (Wildman–Crippen MR) is 120 cm³/mol. The molecule has 2 heterocycles. The molecule has 0 spiro atoms. The summed E-state index contributed by atoms with van der Waals surface area (Å²) in [4.78, 5) is 33.4. The first-order valence-corrected chi connectivity index (χ1v) is 11.4. The highest BCUT2D eigenvalue weighted by Gasteiger charge is 2.21. The molecular weight excluding hydrogens is 392 g/mol. The molecular formula is C24H32N4O3. The lowest BCUT2D eigenvalue weighted by Crippen LogP contribution is -2.38. The minimum absolute atomic E-state index is 0.202. The van der Waals surface area contributed by atoms with Crippen LogP contribution in [0.4, 0.5) is 5.69 Å². The van der Waals surface area contributed by atoms with E-state index in [1.807, 2.05) is 30.1 Å². The van der Waals surface area contributed by atoms with Gasteiger partial charge in [-0.05, 0) is 50.3 Å². The van der Waals surface area contributed by atoms with Crippen LogP contribution in [0, 0.1) is 0 Å². The van der Waals surface area contributed by atoms with E-state index in [-0.39, 0.29) is 11.5 Å². The molecule has 1 fully saturated rings. The standard InChI is InChI=1S/C24H32N4O3/c1-17-23(30)26-24-25-21-13-12-20(15-18(21)16-28(17)24)31-14-8-4-7-11-22(29)27(2)19-9-5-3-6-10-19/h12-13,15,19H,1,3-11,14,16H2,2H3,(H,25,26,30). The van der Waals surface area contributed by atoms with Gasteiger partial charge in [-0.1, -0.05) is 25.8 Å². The van der Waals surface area contributed by atoms with Crippen LogP contribution in [0.25, 0.3) is 6.58 Å². The molecule has 1 aliphatic carbocycles. The summed E-state index contributed by atoms with van der Waals surface area (Å²) in [5, 5.41) is 0.416. The van der Waals surface area contributed by atoms with Gasteiger partial charge < -0.3 is 14.2 Å². The third kappa shape index (κ3) is 4.92. The smallest absolute Gasteiger partial charge is 0.274 e. The minimum atomic E-state index is -0.202. The molecule has 4 rings (SSSR count).